The molecule has 0 saturated heterocycles. The van der Waals surface area contributed by atoms with Crippen molar-refractivity contribution in [2.45, 2.75) is 70.7 Å². The summed E-state index contributed by atoms with van der Waals surface area (Å²) in [6.45, 7) is 18.9. The highest BCUT2D eigenvalue weighted by Crippen LogP contribution is 2.42. The molecule has 0 spiro atoms. The molecule has 0 radical (unpaired) electrons. The Kier molecular flexibility index (Phi) is 9.34. The van der Waals surface area contributed by atoms with E-state index in [0.717, 1.165) is 17.4 Å². The normalized spacial score (nSPS) is 13.1. The van der Waals surface area contributed by atoms with Gasteiger partial charge in [0, 0.05) is 5.92 Å². The standard InChI is InChI=1S/C23H38O3Si/c1-9-12-15-27(17(4)5,18(6)7)26-21-14-13-20(16-22(21)25-8)23(24)19(10-2)11-3/h10-11,13-14,16-19,23-24H,2-3,9,12,15H2,1,4-8H3. The van der Waals surface area contributed by atoms with Gasteiger partial charge in [0.2, 0.25) is 0 Å². The van der Waals surface area contributed by atoms with E-state index < -0.39 is 14.4 Å². The van der Waals surface area contributed by atoms with Gasteiger partial charge in [0.1, 0.15) is 5.75 Å². The molecule has 4 heteroatoms. The molecule has 1 unspecified atom stereocenters. The van der Waals surface area contributed by atoms with Gasteiger partial charge in [0.05, 0.1) is 13.2 Å². The van der Waals surface area contributed by atoms with E-state index >= 15 is 0 Å². The molecule has 0 heterocycles. The number of unbranched alkanes of at least 4 members (excludes halogenated alkanes) is 1. The Morgan fingerprint density at radius 3 is 2.11 bits per heavy atom. The second kappa shape index (κ2) is 10.7. The third-order valence-corrected chi connectivity index (χ3v) is 11.3. The van der Waals surface area contributed by atoms with Crippen molar-refractivity contribution in [3.63, 3.8) is 0 Å². The highest BCUT2D eigenvalue weighted by molar-refractivity contribution is 6.77. The number of benzene rings is 1. The fourth-order valence-corrected chi connectivity index (χ4v) is 8.26. The monoisotopic (exact) mass is 390 g/mol. The van der Waals surface area contributed by atoms with Crippen LogP contribution >= 0.6 is 0 Å². The van der Waals surface area contributed by atoms with Crippen molar-refractivity contribution < 1.29 is 14.3 Å². The second-order valence-corrected chi connectivity index (χ2v) is 12.8. The molecule has 1 N–H and O–H groups in total. The highest BCUT2D eigenvalue weighted by atomic mass is 28.4. The molecule has 0 fully saturated rings. The molecule has 0 amide bonds. The van der Waals surface area contributed by atoms with E-state index in [1.54, 1.807) is 19.3 Å². The topological polar surface area (TPSA) is 38.7 Å². The van der Waals surface area contributed by atoms with Crippen LogP contribution in [0.15, 0.2) is 43.5 Å². The van der Waals surface area contributed by atoms with Crippen LogP contribution in [-0.4, -0.2) is 20.5 Å². The van der Waals surface area contributed by atoms with Gasteiger partial charge in [-0.2, -0.15) is 0 Å². The number of aliphatic hydroxyl groups excluding tert-OH is 1. The summed E-state index contributed by atoms with van der Waals surface area (Å²) >= 11 is 0. The van der Waals surface area contributed by atoms with Gasteiger partial charge in [-0.05, 0) is 34.8 Å². The molecule has 0 bridgehead atoms. The zero-order valence-corrected chi connectivity index (χ0v) is 19.0. The van der Waals surface area contributed by atoms with Crippen LogP contribution in [0.1, 0.15) is 59.1 Å². The summed E-state index contributed by atoms with van der Waals surface area (Å²) in [5.74, 6) is 1.26. The van der Waals surface area contributed by atoms with Crippen molar-refractivity contribution in [2.24, 2.45) is 5.92 Å². The highest BCUT2D eigenvalue weighted by Gasteiger charge is 2.43. The van der Waals surface area contributed by atoms with Crippen molar-refractivity contribution in [3.8, 4) is 11.5 Å². The van der Waals surface area contributed by atoms with E-state index in [9.17, 15) is 5.11 Å². The molecule has 152 valence electrons. The second-order valence-electron chi connectivity index (χ2n) is 7.87. The Bertz CT molecular complexity index is 594. The lowest BCUT2D eigenvalue weighted by molar-refractivity contribution is 0.151. The fraction of sp³-hybridized carbons (Fsp3) is 0.565. The number of methoxy groups -OCH3 is 1. The average Bonchev–Trinajstić information content (AvgIpc) is 2.65. The number of aliphatic hydroxyl groups is 1. The quantitative estimate of drug-likeness (QED) is 0.320. The van der Waals surface area contributed by atoms with E-state index in [-0.39, 0.29) is 5.92 Å². The van der Waals surface area contributed by atoms with Gasteiger partial charge in [-0.3, -0.25) is 0 Å². The van der Waals surface area contributed by atoms with Crippen LogP contribution in [0.3, 0.4) is 0 Å². The smallest absolute Gasteiger partial charge is 0.256 e. The molecule has 0 aliphatic rings. The lowest BCUT2D eigenvalue weighted by Gasteiger charge is -2.39. The van der Waals surface area contributed by atoms with Crippen LogP contribution in [0.4, 0.5) is 0 Å². The third-order valence-electron chi connectivity index (χ3n) is 5.61. The van der Waals surface area contributed by atoms with E-state index in [1.807, 2.05) is 18.2 Å². The minimum absolute atomic E-state index is 0.203. The lowest BCUT2D eigenvalue weighted by atomic mass is 9.95. The summed E-state index contributed by atoms with van der Waals surface area (Å²) < 4.78 is 12.4. The molecule has 1 aromatic carbocycles. The van der Waals surface area contributed by atoms with Crippen molar-refractivity contribution in [1.82, 2.24) is 0 Å². The first-order valence-electron chi connectivity index (χ1n) is 10.1. The minimum atomic E-state index is -2.01. The van der Waals surface area contributed by atoms with Gasteiger partial charge in [-0.1, -0.05) is 65.7 Å². The molecule has 0 aromatic heterocycles. The molecule has 0 saturated carbocycles. The SMILES string of the molecule is C=CC(C=C)C(O)c1ccc(O[Si](CCCC)(C(C)C)C(C)C)c(OC)c1. The van der Waals surface area contributed by atoms with Crippen LogP contribution in [0.5, 0.6) is 11.5 Å². The predicted octanol–water partition coefficient (Wildman–Crippen LogP) is 6.66. The van der Waals surface area contributed by atoms with Crippen LogP contribution in [0.25, 0.3) is 0 Å². The molecule has 3 nitrogen and oxygen atoms in total. The number of hydrogen-bond donors (Lipinski definition) is 1. The molecule has 27 heavy (non-hydrogen) atoms. The van der Waals surface area contributed by atoms with Crippen LogP contribution in [-0.2, 0) is 0 Å². The number of ether oxygens (including phenoxy) is 1. The summed E-state index contributed by atoms with van der Waals surface area (Å²) in [5, 5.41) is 10.6. The molecule has 1 rings (SSSR count). The first kappa shape index (κ1) is 23.5. The first-order chi connectivity index (χ1) is 12.8. The van der Waals surface area contributed by atoms with E-state index in [0.29, 0.717) is 16.8 Å². The lowest BCUT2D eigenvalue weighted by Crippen LogP contribution is -2.47. The van der Waals surface area contributed by atoms with Crippen LogP contribution < -0.4 is 9.16 Å². The molecule has 0 aliphatic carbocycles. The summed E-state index contributed by atoms with van der Waals surface area (Å²) in [5.41, 5.74) is 1.79. The average molecular weight is 391 g/mol. The maximum atomic E-state index is 10.6. The summed E-state index contributed by atoms with van der Waals surface area (Å²) in [7, 11) is -0.365. The molecule has 1 atom stereocenters. The third kappa shape index (κ3) is 5.49. The Labute approximate surface area is 167 Å². The van der Waals surface area contributed by atoms with Gasteiger partial charge in [-0.25, -0.2) is 0 Å². The van der Waals surface area contributed by atoms with Crippen molar-refractivity contribution >= 4 is 8.32 Å². The summed E-state index contributed by atoms with van der Waals surface area (Å²) in [6.07, 6.45) is 5.07. The molecule has 1 aromatic rings. The Balaban J connectivity index is 3.27. The molecular weight excluding hydrogens is 352 g/mol. The zero-order valence-electron chi connectivity index (χ0n) is 18.0. The maximum absolute atomic E-state index is 10.6. The van der Waals surface area contributed by atoms with Crippen molar-refractivity contribution in [1.29, 1.82) is 0 Å². The van der Waals surface area contributed by atoms with Gasteiger partial charge >= 0.3 is 0 Å². The van der Waals surface area contributed by atoms with Crippen molar-refractivity contribution in [2.75, 3.05) is 7.11 Å². The van der Waals surface area contributed by atoms with Gasteiger partial charge in [-0.15, -0.1) is 13.2 Å². The molecular formula is C23H38O3Si. The van der Waals surface area contributed by atoms with Gasteiger partial charge in [0.15, 0.2) is 5.75 Å². The largest absolute Gasteiger partial charge is 0.540 e. The molecule has 0 aliphatic heterocycles. The fourth-order valence-electron chi connectivity index (χ4n) is 3.72. The van der Waals surface area contributed by atoms with Gasteiger partial charge < -0.3 is 14.3 Å². The van der Waals surface area contributed by atoms with Gasteiger partial charge in [0.25, 0.3) is 8.32 Å². The van der Waals surface area contributed by atoms with E-state index in [4.69, 9.17) is 9.16 Å². The van der Waals surface area contributed by atoms with Crippen LogP contribution in [0, 0.1) is 5.92 Å². The minimum Gasteiger partial charge on any atom is -0.540 e. The maximum Gasteiger partial charge on any atom is 0.256 e. The van der Waals surface area contributed by atoms with Crippen LogP contribution in [0.2, 0.25) is 17.1 Å². The first-order valence-corrected chi connectivity index (χ1v) is 12.3. The van der Waals surface area contributed by atoms with Crippen molar-refractivity contribution in [3.05, 3.63) is 49.1 Å². The Hall–Kier alpha value is -1.52. The Morgan fingerprint density at radius 2 is 1.67 bits per heavy atom. The predicted molar refractivity (Wildman–Crippen MR) is 118 cm³/mol. The number of rotatable bonds is 12. The Morgan fingerprint density at radius 1 is 1.07 bits per heavy atom. The summed E-state index contributed by atoms with van der Waals surface area (Å²) in [6, 6.07) is 6.88. The van der Waals surface area contributed by atoms with E-state index in [2.05, 4.69) is 47.8 Å². The van der Waals surface area contributed by atoms with E-state index in [1.165, 1.54) is 12.8 Å². The zero-order chi connectivity index (χ0) is 20.6. The number of hydrogen-bond acceptors (Lipinski definition) is 3. The summed E-state index contributed by atoms with van der Waals surface area (Å²) in [4.78, 5) is 0.